The first kappa shape index (κ1) is 21.4. The Kier molecular flexibility index (Phi) is 5.75. The number of nitrogens with one attached hydrogen (secondary N) is 3. The highest BCUT2D eigenvalue weighted by atomic mass is 33.1. The molecule has 3 N–H and O–H groups in total. The summed E-state index contributed by atoms with van der Waals surface area (Å²) in [6, 6.07) is 3.25. The molecule has 2 bridgehead atoms. The maximum Gasteiger partial charge on any atom is 0.349 e. The topological polar surface area (TPSA) is 139 Å². The zero-order valence-electron chi connectivity index (χ0n) is 17.0. The van der Waals surface area contributed by atoms with Crippen molar-refractivity contribution in [2.45, 2.75) is 25.9 Å². The van der Waals surface area contributed by atoms with Crippen LogP contribution in [0.5, 0.6) is 0 Å². The molecule has 31 heavy (non-hydrogen) atoms. The number of hydrogen-bond donors (Lipinski definition) is 3. The summed E-state index contributed by atoms with van der Waals surface area (Å²) in [5, 5.41) is 5.37. The summed E-state index contributed by atoms with van der Waals surface area (Å²) in [5.74, 6) is 1.52. The third-order valence-electron chi connectivity index (χ3n) is 5.18. The Labute approximate surface area is 184 Å². The van der Waals surface area contributed by atoms with Gasteiger partial charge >= 0.3 is 5.69 Å². The standard InChI is InChI=1S/C13H12N4O2.C6H8N2O2S2/c1-6-4-8-9(5-7(6)2)17(3)11-10(14-8)12(18)16-13(19)15-11;9-5-3-1-11-12-2-4(8-5)6(10)7-3/h4-5H,1-3H3,(H,16,18,19);3-4H,1-2H2,(H,7,10)(H,8,9)/t;3-,4-/m.0/s1. The number of amides is 2. The molecule has 3 saturated heterocycles. The Bertz CT molecular complexity index is 1260. The Morgan fingerprint density at radius 3 is 2.13 bits per heavy atom. The summed E-state index contributed by atoms with van der Waals surface area (Å²) in [6.07, 6.45) is 0. The van der Waals surface area contributed by atoms with E-state index in [-0.39, 0.29) is 29.6 Å². The van der Waals surface area contributed by atoms with Gasteiger partial charge in [-0.25, -0.2) is 9.78 Å². The van der Waals surface area contributed by atoms with Gasteiger partial charge in [-0.1, -0.05) is 21.6 Å². The largest absolute Gasteiger partial charge is 0.349 e. The number of H-pyrrole nitrogens is 1. The normalized spacial score (nSPS) is 20.5. The van der Waals surface area contributed by atoms with Crippen molar-refractivity contribution in [3.8, 4) is 11.5 Å². The maximum atomic E-state index is 11.8. The fourth-order valence-corrected chi connectivity index (χ4v) is 5.62. The Balaban J connectivity index is 0.000000166. The summed E-state index contributed by atoms with van der Waals surface area (Å²) < 4.78 is 1.72. The van der Waals surface area contributed by atoms with Crippen LogP contribution in [0.2, 0.25) is 0 Å². The zero-order chi connectivity index (χ0) is 22.3. The average Bonchev–Trinajstić information content (AvgIpc) is 2.69. The van der Waals surface area contributed by atoms with Crippen LogP contribution in [0, 0.1) is 13.8 Å². The van der Waals surface area contributed by atoms with E-state index in [9.17, 15) is 19.2 Å². The molecular weight excluding hydrogens is 440 g/mol. The molecule has 2 amide bonds. The van der Waals surface area contributed by atoms with Crippen LogP contribution in [-0.2, 0) is 16.6 Å². The first-order valence-electron chi connectivity index (χ1n) is 9.48. The maximum absolute atomic E-state index is 11.8. The number of carbonyl (C=O) groups excluding carboxylic acids is 2. The molecule has 12 heteroatoms. The molecular formula is C19H20N6O4S2. The van der Waals surface area contributed by atoms with Gasteiger partial charge < -0.3 is 15.2 Å². The summed E-state index contributed by atoms with van der Waals surface area (Å²) in [7, 11) is 5.05. The highest BCUT2D eigenvalue weighted by Crippen LogP contribution is 2.26. The van der Waals surface area contributed by atoms with Crippen molar-refractivity contribution in [3.05, 3.63) is 44.1 Å². The number of carbonyl (C=O) groups is 2. The monoisotopic (exact) mass is 460 g/mol. The minimum Gasteiger partial charge on any atom is -0.342 e. The van der Waals surface area contributed by atoms with E-state index in [4.69, 9.17) is 0 Å². The molecule has 0 radical (unpaired) electrons. The van der Waals surface area contributed by atoms with Crippen LogP contribution in [0.3, 0.4) is 0 Å². The van der Waals surface area contributed by atoms with E-state index >= 15 is 0 Å². The molecule has 5 aliphatic rings. The van der Waals surface area contributed by atoms with Crippen molar-refractivity contribution < 1.29 is 9.59 Å². The summed E-state index contributed by atoms with van der Waals surface area (Å²) in [5.41, 5.74) is 2.79. The van der Waals surface area contributed by atoms with Crippen LogP contribution in [0.15, 0.2) is 21.7 Å². The third kappa shape index (κ3) is 4.17. The van der Waals surface area contributed by atoms with E-state index in [1.54, 1.807) is 33.2 Å². The zero-order valence-corrected chi connectivity index (χ0v) is 18.6. The number of hydrogen-bond acceptors (Lipinski definition) is 8. The lowest BCUT2D eigenvalue weighted by molar-refractivity contribution is -0.135. The van der Waals surface area contributed by atoms with Gasteiger partial charge in [0.2, 0.25) is 11.8 Å². The highest BCUT2D eigenvalue weighted by Gasteiger charge is 2.35. The van der Waals surface area contributed by atoms with Gasteiger partial charge in [0.15, 0.2) is 11.5 Å². The lowest BCUT2D eigenvalue weighted by atomic mass is 10.1. The number of aryl methyl sites for hydroxylation is 3. The minimum absolute atomic E-state index is 0.0487. The molecule has 6 rings (SSSR count). The van der Waals surface area contributed by atoms with Gasteiger partial charge in [0.05, 0.1) is 11.0 Å². The first-order valence-corrected chi connectivity index (χ1v) is 12.0. The van der Waals surface area contributed by atoms with Crippen molar-refractivity contribution in [2.24, 2.45) is 7.05 Å². The van der Waals surface area contributed by atoms with Crippen molar-refractivity contribution in [1.82, 2.24) is 30.2 Å². The predicted molar refractivity (Wildman–Crippen MR) is 120 cm³/mol. The van der Waals surface area contributed by atoms with Crippen LogP contribution in [0.4, 0.5) is 0 Å². The van der Waals surface area contributed by atoms with E-state index in [1.807, 2.05) is 26.0 Å². The van der Waals surface area contributed by atoms with E-state index in [0.717, 1.165) is 16.6 Å². The van der Waals surface area contributed by atoms with Gasteiger partial charge in [-0.2, -0.15) is 4.98 Å². The van der Waals surface area contributed by atoms with Gasteiger partial charge in [-0.05, 0) is 37.1 Å². The van der Waals surface area contributed by atoms with Crippen molar-refractivity contribution in [2.75, 3.05) is 11.5 Å². The number of benzene rings is 1. The first-order chi connectivity index (χ1) is 14.7. The second-order valence-electron chi connectivity index (χ2n) is 7.33. The molecule has 2 atom stereocenters. The fourth-order valence-electron chi connectivity index (χ4n) is 3.29. The fraction of sp³-hybridized carbons (Fsp3) is 0.368. The number of aromatic nitrogens is 4. The number of aromatic amines is 1. The van der Waals surface area contributed by atoms with E-state index in [0.29, 0.717) is 22.8 Å². The summed E-state index contributed by atoms with van der Waals surface area (Å²) in [6.45, 7) is 3.99. The van der Waals surface area contributed by atoms with Crippen LogP contribution in [-0.4, -0.2) is 54.9 Å². The smallest absolute Gasteiger partial charge is 0.342 e. The second kappa shape index (κ2) is 8.35. The van der Waals surface area contributed by atoms with Crippen LogP contribution >= 0.6 is 21.6 Å². The lowest BCUT2D eigenvalue weighted by Crippen LogP contribution is -2.63. The van der Waals surface area contributed by atoms with E-state index in [1.165, 1.54) is 0 Å². The predicted octanol–water partition coefficient (Wildman–Crippen LogP) is 0.103. The van der Waals surface area contributed by atoms with Crippen LogP contribution < -0.4 is 21.9 Å². The Hall–Kier alpha value is -2.86. The molecule has 5 heterocycles. The molecule has 162 valence electrons. The number of nitrogens with zero attached hydrogens (tertiary/aromatic N) is 3. The number of fused-ring (bicyclic) bond motifs is 7. The van der Waals surface area contributed by atoms with Gasteiger partial charge in [0.1, 0.15) is 12.1 Å². The summed E-state index contributed by atoms with van der Waals surface area (Å²) >= 11 is 0. The molecule has 3 fully saturated rings. The number of piperazine rings is 1. The van der Waals surface area contributed by atoms with E-state index in [2.05, 4.69) is 25.6 Å². The molecule has 1 aromatic rings. The average molecular weight is 461 g/mol. The van der Waals surface area contributed by atoms with Gasteiger partial charge in [-0.15, -0.1) is 0 Å². The minimum atomic E-state index is -0.655. The quantitative estimate of drug-likeness (QED) is 0.317. The molecule has 0 saturated carbocycles. The number of rotatable bonds is 0. The molecule has 10 nitrogen and oxygen atoms in total. The van der Waals surface area contributed by atoms with Crippen molar-refractivity contribution >= 4 is 44.4 Å². The SMILES string of the molecule is Cc1cc2nc3c(=O)[nH]c(=O)nc-3n(C)c2cc1C.O=C1N[C@H]2CSSC[C@@H]1NC2=O. The molecule has 1 aromatic carbocycles. The highest BCUT2D eigenvalue weighted by molar-refractivity contribution is 8.76. The molecule has 0 unspecified atom stereocenters. The molecule has 0 aromatic heterocycles. The second-order valence-corrected chi connectivity index (χ2v) is 9.88. The summed E-state index contributed by atoms with van der Waals surface area (Å²) in [4.78, 5) is 55.8. The molecule has 0 spiro atoms. The van der Waals surface area contributed by atoms with Gasteiger partial charge in [0.25, 0.3) is 5.56 Å². The molecule has 5 aliphatic heterocycles. The molecule has 0 aliphatic carbocycles. The van der Waals surface area contributed by atoms with Gasteiger partial charge in [-0.3, -0.25) is 19.4 Å². The van der Waals surface area contributed by atoms with Crippen molar-refractivity contribution in [1.29, 1.82) is 0 Å². The Morgan fingerprint density at radius 2 is 1.52 bits per heavy atom. The lowest BCUT2D eigenvalue weighted by Gasteiger charge is -2.31. The van der Waals surface area contributed by atoms with Crippen LogP contribution in [0.1, 0.15) is 11.1 Å². The third-order valence-corrected chi connectivity index (χ3v) is 7.60. The Morgan fingerprint density at radius 1 is 0.935 bits per heavy atom. The van der Waals surface area contributed by atoms with Crippen LogP contribution in [0.25, 0.3) is 22.6 Å². The van der Waals surface area contributed by atoms with Crippen molar-refractivity contribution in [3.63, 3.8) is 0 Å². The van der Waals surface area contributed by atoms with Gasteiger partial charge in [0, 0.05) is 18.6 Å². The van der Waals surface area contributed by atoms with E-state index < -0.39 is 11.2 Å².